The molecule has 0 saturated heterocycles. The molecule has 0 aliphatic heterocycles. The van der Waals surface area contributed by atoms with E-state index in [0.29, 0.717) is 25.7 Å². The van der Waals surface area contributed by atoms with Gasteiger partial charge < -0.3 is 33.8 Å². The Morgan fingerprint density at radius 2 is 0.628 bits per heavy atom. The van der Waals surface area contributed by atoms with Crippen LogP contribution in [-0.4, -0.2) is 96.7 Å². The first-order valence-electron chi connectivity index (χ1n) is 36.5. The van der Waals surface area contributed by atoms with Gasteiger partial charge in [-0.25, -0.2) is 9.13 Å². The van der Waals surface area contributed by atoms with E-state index in [4.69, 9.17) is 37.0 Å². The Hall–Kier alpha value is -4.02. The molecule has 542 valence electrons. The Balaban J connectivity index is 5.39. The first kappa shape index (κ1) is 90.0. The maximum absolute atomic E-state index is 13.0. The van der Waals surface area contributed by atoms with Gasteiger partial charge in [-0.05, 0) is 96.3 Å². The highest BCUT2D eigenvalue weighted by atomic mass is 31.2. The van der Waals surface area contributed by atoms with E-state index in [9.17, 15) is 43.2 Å². The van der Waals surface area contributed by atoms with Crippen LogP contribution in [0, 0.1) is 0 Å². The summed E-state index contributed by atoms with van der Waals surface area (Å²) in [6, 6.07) is 0. The minimum absolute atomic E-state index is 0.0689. The molecule has 0 heterocycles. The number of carbonyl (C=O) groups is 4. The van der Waals surface area contributed by atoms with Crippen LogP contribution < -0.4 is 0 Å². The predicted octanol–water partition coefficient (Wildman–Crippen LogP) is 20.4. The second-order valence-electron chi connectivity index (χ2n) is 24.2. The zero-order valence-corrected chi connectivity index (χ0v) is 60.7. The molecule has 0 amide bonds. The highest BCUT2D eigenvalue weighted by Gasteiger charge is 2.30. The van der Waals surface area contributed by atoms with Crippen molar-refractivity contribution in [3.63, 3.8) is 0 Å². The molecule has 0 aliphatic carbocycles. The van der Waals surface area contributed by atoms with Gasteiger partial charge in [-0.15, -0.1) is 0 Å². The lowest BCUT2D eigenvalue weighted by molar-refractivity contribution is -0.161. The summed E-state index contributed by atoms with van der Waals surface area (Å²) in [5, 5.41) is 10.6. The van der Waals surface area contributed by atoms with Gasteiger partial charge in [0.25, 0.3) is 0 Å². The van der Waals surface area contributed by atoms with Gasteiger partial charge in [0.2, 0.25) is 0 Å². The smallest absolute Gasteiger partial charge is 0.462 e. The fourth-order valence-electron chi connectivity index (χ4n) is 9.49. The van der Waals surface area contributed by atoms with Crippen molar-refractivity contribution >= 4 is 39.5 Å². The Morgan fingerprint density at radius 1 is 0.319 bits per heavy atom. The van der Waals surface area contributed by atoms with Gasteiger partial charge in [0, 0.05) is 19.3 Å². The number of hydrogen-bond acceptors (Lipinski definition) is 15. The highest BCUT2D eigenvalue weighted by Crippen LogP contribution is 2.45. The fourth-order valence-corrected chi connectivity index (χ4v) is 11.1. The van der Waals surface area contributed by atoms with Crippen LogP contribution in [0.2, 0.25) is 0 Å². The second kappa shape index (κ2) is 67.5. The van der Waals surface area contributed by atoms with E-state index in [1.807, 2.05) is 18.2 Å². The van der Waals surface area contributed by atoms with E-state index in [-0.39, 0.29) is 25.7 Å². The molecule has 5 unspecified atom stereocenters. The summed E-state index contributed by atoms with van der Waals surface area (Å²) >= 11 is 0. The number of allylic oxidation sites excluding steroid dienone is 15. The monoisotopic (exact) mass is 1360 g/mol. The van der Waals surface area contributed by atoms with E-state index in [0.717, 1.165) is 141 Å². The molecule has 0 radical (unpaired) electrons. The van der Waals surface area contributed by atoms with Gasteiger partial charge in [0.1, 0.15) is 19.3 Å². The van der Waals surface area contributed by atoms with Crippen molar-refractivity contribution in [1.82, 2.24) is 0 Å². The summed E-state index contributed by atoms with van der Waals surface area (Å²) in [4.78, 5) is 72.6. The highest BCUT2D eigenvalue weighted by molar-refractivity contribution is 7.47. The number of ether oxygens (including phenoxy) is 4. The molecule has 5 atom stereocenters. The summed E-state index contributed by atoms with van der Waals surface area (Å²) in [5.41, 5.74) is 0. The average molecular weight is 1370 g/mol. The quantitative estimate of drug-likeness (QED) is 0.0169. The molecule has 0 saturated carbocycles. The van der Waals surface area contributed by atoms with E-state index < -0.39 is 97.5 Å². The van der Waals surface area contributed by atoms with Gasteiger partial charge in [-0.1, -0.05) is 273 Å². The van der Waals surface area contributed by atoms with Crippen LogP contribution in [-0.2, 0) is 65.4 Å². The molecule has 0 bridgehead atoms. The number of unbranched alkanes of at least 4 members (excludes halogenated alkanes) is 27. The molecular formula is C75H130O17P2. The Morgan fingerprint density at radius 3 is 1.03 bits per heavy atom. The van der Waals surface area contributed by atoms with Crippen molar-refractivity contribution in [3.8, 4) is 0 Å². The Kier molecular flexibility index (Phi) is 64.7. The molecule has 0 fully saturated rings. The maximum atomic E-state index is 13.0. The molecule has 0 aromatic heterocycles. The van der Waals surface area contributed by atoms with Gasteiger partial charge in [-0.2, -0.15) is 0 Å². The lowest BCUT2D eigenvalue weighted by Crippen LogP contribution is -2.30. The van der Waals surface area contributed by atoms with Crippen LogP contribution in [0.25, 0.3) is 0 Å². The van der Waals surface area contributed by atoms with Gasteiger partial charge in [0.15, 0.2) is 12.2 Å². The van der Waals surface area contributed by atoms with Crippen molar-refractivity contribution in [1.29, 1.82) is 0 Å². The SMILES string of the molecule is CC/C=C\C/C=C\C/C=C\C/C=C\C/C=C\CC(=O)OCC(COP(=O)(O)OCC(O)COP(=O)(O)OCC(COC(=O)CCCCCCC/C=C\C/C=C\CCC)OC(=O)CCCCCCC/C=C\CCCC)OC(=O)CCCCCCCCCCCCCCCCC. The van der Waals surface area contributed by atoms with Crippen molar-refractivity contribution in [2.45, 2.75) is 316 Å². The number of aliphatic hydroxyl groups is 1. The van der Waals surface area contributed by atoms with Crippen molar-refractivity contribution in [2.75, 3.05) is 39.6 Å². The summed E-state index contributed by atoms with van der Waals surface area (Å²) < 4.78 is 68.2. The largest absolute Gasteiger partial charge is 0.472 e. The number of rotatable bonds is 68. The Labute approximate surface area is 569 Å². The lowest BCUT2D eigenvalue weighted by Gasteiger charge is -2.21. The molecule has 3 N–H and O–H groups in total. The van der Waals surface area contributed by atoms with Gasteiger partial charge >= 0.3 is 39.5 Å². The zero-order valence-electron chi connectivity index (χ0n) is 58.9. The topological polar surface area (TPSA) is 237 Å². The van der Waals surface area contributed by atoms with Crippen molar-refractivity contribution in [3.05, 3.63) is 97.2 Å². The van der Waals surface area contributed by atoms with Crippen LogP contribution in [0.5, 0.6) is 0 Å². The normalized spacial score (nSPS) is 14.6. The minimum atomic E-state index is -4.99. The maximum Gasteiger partial charge on any atom is 0.472 e. The number of carbonyl (C=O) groups excluding carboxylic acids is 4. The molecular weight excluding hydrogens is 1230 g/mol. The van der Waals surface area contributed by atoms with Crippen LogP contribution in [0.1, 0.15) is 297 Å². The van der Waals surface area contributed by atoms with Crippen LogP contribution in [0.15, 0.2) is 97.2 Å². The number of phosphoric ester groups is 2. The van der Waals surface area contributed by atoms with Crippen LogP contribution in [0.3, 0.4) is 0 Å². The number of phosphoric acid groups is 2. The number of aliphatic hydroxyl groups excluding tert-OH is 1. The third kappa shape index (κ3) is 66.6. The van der Waals surface area contributed by atoms with Crippen LogP contribution >= 0.6 is 15.6 Å². The van der Waals surface area contributed by atoms with E-state index in [1.165, 1.54) is 77.0 Å². The second-order valence-corrected chi connectivity index (χ2v) is 27.1. The molecule has 0 aliphatic rings. The molecule has 0 spiro atoms. The summed E-state index contributed by atoms with van der Waals surface area (Å²) in [7, 11) is -9.96. The van der Waals surface area contributed by atoms with E-state index >= 15 is 0 Å². The lowest BCUT2D eigenvalue weighted by atomic mass is 10.0. The first-order chi connectivity index (χ1) is 45.7. The molecule has 17 nitrogen and oxygen atoms in total. The minimum Gasteiger partial charge on any atom is -0.462 e. The summed E-state index contributed by atoms with van der Waals surface area (Å²) in [6.07, 6.45) is 68.7. The predicted molar refractivity (Wildman–Crippen MR) is 381 cm³/mol. The summed E-state index contributed by atoms with van der Waals surface area (Å²) in [6.45, 7) is 4.52. The standard InChI is InChI=1S/C75H130O17P2/c1-5-9-13-17-21-25-29-32-34-37-41-44-48-52-56-60-73(78)86-66-71(92-75(80)62-58-54-50-46-42-38-35-33-30-26-22-18-14-10-6-2)68-90-94(83,84)88-64-69(76)63-87-93(81,82)89-67-70(91-74(79)61-57-53-49-45-39-28-24-20-16-12-8-4)65-85-72(77)59-55-51-47-43-40-36-31-27-23-19-15-11-7-3/h9,13,15,19-21,24-25,27,31-32,34,41,44,52,56,69-71,76H,5-8,10-12,14,16-18,22-23,26,28-30,33,35-40,42-43,45-51,53-55,57-68H2,1-4H3,(H,81,82)(H,83,84)/b13-9-,19-15-,24-20-,25-21-,31-27-,34-32-,44-41-,56-52-. The zero-order chi connectivity index (χ0) is 69.0. The average Bonchev–Trinajstić information content (AvgIpc) is 1.36. The van der Waals surface area contributed by atoms with E-state index in [2.05, 4.69) is 101 Å². The first-order valence-corrected chi connectivity index (χ1v) is 39.5. The molecule has 0 aromatic carbocycles. The third-order valence-corrected chi connectivity index (χ3v) is 16.9. The van der Waals surface area contributed by atoms with Gasteiger partial charge in [-0.3, -0.25) is 37.3 Å². The summed E-state index contributed by atoms with van der Waals surface area (Å²) in [5.74, 6) is -2.34. The van der Waals surface area contributed by atoms with E-state index in [1.54, 1.807) is 6.08 Å². The molecule has 94 heavy (non-hydrogen) atoms. The van der Waals surface area contributed by atoms with Crippen molar-refractivity contribution < 1.29 is 80.2 Å². The Bertz CT molecular complexity index is 2170. The van der Waals surface area contributed by atoms with Crippen molar-refractivity contribution in [2.24, 2.45) is 0 Å². The van der Waals surface area contributed by atoms with Gasteiger partial charge in [0.05, 0.1) is 32.8 Å². The van der Waals surface area contributed by atoms with Crippen LogP contribution in [0.4, 0.5) is 0 Å². The molecule has 0 aromatic rings. The number of esters is 4. The third-order valence-electron chi connectivity index (χ3n) is 15.0. The molecule has 0 rings (SSSR count). The molecule has 19 heteroatoms. The number of hydrogen-bond donors (Lipinski definition) is 3. The fraction of sp³-hybridized carbons (Fsp3) is 0.733.